The van der Waals surface area contributed by atoms with Crippen molar-refractivity contribution < 1.29 is 69.1 Å². The van der Waals surface area contributed by atoms with Crippen LogP contribution < -0.4 is 51.4 Å². The summed E-state index contributed by atoms with van der Waals surface area (Å²) in [6, 6.07) is 0. The number of likely N-dealkylation sites (tertiary alicyclic amines) is 1. The van der Waals surface area contributed by atoms with Crippen molar-refractivity contribution in [1.29, 1.82) is 0 Å². The van der Waals surface area contributed by atoms with Gasteiger partial charge in [-0.15, -0.1) is 0 Å². The molecule has 0 unspecified atom stereocenters. The zero-order chi connectivity index (χ0) is 10.6. The average Bonchev–Trinajstić information content (AvgIpc) is 2.03. The summed E-state index contributed by atoms with van der Waals surface area (Å²) in [5.41, 5.74) is 0. The molecule has 0 aromatic rings. The maximum atomic E-state index is 12.1. The van der Waals surface area contributed by atoms with E-state index >= 15 is 0 Å². The Balaban J connectivity index is 0.00000196. The molecule has 1 aliphatic heterocycles. The van der Waals surface area contributed by atoms with E-state index in [4.69, 9.17) is 0 Å². The molecule has 0 aromatic carbocycles. The van der Waals surface area contributed by atoms with Gasteiger partial charge in [-0.25, -0.2) is 0 Å². The van der Waals surface area contributed by atoms with Crippen LogP contribution in [0.15, 0.2) is 0 Å². The molecule has 0 bridgehead atoms. The molecule has 2 nitrogen and oxygen atoms in total. The third-order valence-corrected chi connectivity index (χ3v) is 2.35. The smallest absolute Gasteiger partial charge is 0.448 e. The molecule has 0 aliphatic carbocycles. The summed E-state index contributed by atoms with van der Waals surface area (Å²) in [5.74, 6) is -0.344. The molecule has 1 heterocycles. The Labute approximate surface area is 130 Å². The molecule has 15 heavy (non-hydrogen) atoms. The molecular weight excluding hydrogens is 233 g/mol. The summed E-state index contributed by atoms with van der Waals surface area (Å²) >= 11 is 0. The molecule has 0 atom stereocenters. The van der Waals surface area contributed by atoms with Crippen molar-refractivity contribution in [3.63, 3.8) is 0 Å². The molecule has 0 N–H and O–H groups in total. The summed E-state index contributed by atoms with van der Waals surface area (Å²) in [6.07, 6.45) is 2.54. The van der Waals surface area contributed by atoms with E-state index in [1.165, 1.54) is 0 Å². The van der Waals surface area contributed by atoms with Gasteiger partial charge in [0.2, 0.25) is 5.91 Å². The monoisotopic (exact) mass is 247 g/mol. The molecule has 82 valence electrons. The van der Waals surface area contributed by atoms with Crippen molar-refractivity contribution in [3.05, 3.63) is 0 Å². The predicted molar refractivity (Wildman–Crippen MR) is 48.7 cm³/mol. The second-order valence-electron chi connectivity index (χ2n) is 3.71. The van der Waals surface area contributed by atoms with Crippen LogP contribution in [0, 0.1) is 0 Å². The molecule has 1 saturated heterocycles. The second-order valence-corrected chi connectivity index (χ2v) is 3.71. The third-order valence-electron chi connectivity index (χ3n) is 2.35. The normalized spacial score (nSPS) is 19.1. The molecule has 7 heteroatoms. The van der Waals surface area contributed by atoms with Gasteiger partial charge < -0.3 is 17.8 Å². The summed E-state index contributed by atoms with van der Waals surface area (Å²) in [4.78, 5) is 12.2. The van der Waals surface area contributed by atoms with Gasteiger partial charge in [0.05, 0.1) is 0 Å². The van der Waals surface area contributed by atoms with E-state index in [0.29, 0.717) is 6.42 Å². The van der Waals surface area contributed by atoms with Gasteiger partial charge in [-0.05, 0) is 19.3 Å². The van der Waals surface area contributed by atoms with Gasteiger partial charge in [0.25, 0.3) is 0 Å². The number of carbonyl (C=O) groups excluding carboxylic acids is 1. The van der Waals surface area contributed by atoms with E-state index < -0.39 is 13.4 Å². The Morgan fingerprint density at radius 1 is 1.13 bits per heavy atom. The SMILES string of the molecule is O=C1CCCCCCN1C[B-](F)(F)F.[K+]. The first-order chi connectivity index (χ1) is 6.49. The predicted octanol–water partition coefficient (Wildman–Crippen LogP) is -0.830. The number of carbonyl (C=O) groups is 1. The van der Waals surface area contributed by atoms with Gasteiger partial charge in [-0.1, -0.05) is 12.8 Å². The summed E-state index contributed by atoms with van der Waals surface area (Å²) in [6.45, 7) is -4.61. The quantitative estimate of drug-likeness (QED) is 0.583. The number of nitrogens with zero attached hydrogens (tertiary/aromatic N) is 1. The van der Waals surface area contributed by atoms with Crippen molar-refractivity contribution in [3.8, 4) is 0 Å². The van der Waals surface area contributed by atoms with Gasteiger partial charge in [0.15, 0.2) is 0 Å². The van der Waals surface area contributed by atoms with E-state index in [-0.39, 0.29) is 70.3 Å². The Kier molecular flexibility index (Phi) is 7.79. The summed E-state index contributed by atoms with van der Waals surface area (Å²) in [5, 5.41) is 0. The zero-order valence-electron chi connectivity index (χ0n) is 9.02. The van der Waals surface area contributed by atoms with Crippen LogP contribution in [-0.4, -0.2) is 30.8 Å². The van der Waals surface area contributed by atoms with Crippen LogP contribution in [0.3, 0.4) is 0 Å². The number of halogens is 3. The Bertz CT molecular complexity index is 213. The Hall–Kier alpha value is 0.961. The minimum Gasteiger partial charge on any atom is -0.448 e. The van der Waals surface area contributed by atoms with Crippen LogP contribution in [-0.2, 0) is 4.79 Å². The number of hydrogen-bond donors (Lipinski definition) is 0. The second kappa shape index (κ2) is 7.32. The number of hydrogen-bond acceptors (Lipinski definition) is 1. The first kappa shape index (κ1) is 16.0. The minimum absolute atomic E-state index is 0. The van der Waals surface area contributed by atoms with E-state index in [2.05, 4.69) is 0 Å². The van der Waals surface area contributed by atoms with Crippen LogP contribution in [0.2, 0.25) is 0 Å². The minimum atomic E-state index is -4.88. The fraction of sp³-hybridized carbons (Fsp3) is 0.875. The summed E-state index contributed by atoms with van der Waals surface area (Å²) < 4.78 is 36.3. The Morgan fingerprint density at radius 3 is 2.33 bits per heavy atom. The number of amides is 1. The number of rotatable bonds is 2. The van der Waals surface area contributed by atoms with Gasteiger partial charge in [0.1, 0.15) is 0 Å². The van der Waals surface area contributed by atoms with Crippen LogP contribution in [0.25, 0.3) is 0 Å². The van der Waals surface area contributed by atoms with Crippen LogP contribution >= 0.6 is 0 Å². The largest absolute Gasteiger partial charge is 1.00 e. The molecule has 0 aromatic heterocycles. The first-order valence-electron chi connectivity index (χ1n) is 4.98. The molecule has 0 spiro atoms. The van der Waals surface area contributed by atoms with Crippen LogP contribution in [0.4, 0.5) is 12.9 Å². The fourth-order valence-corrected chi connectivity index (χ4v) is 1.66. The van der Waals surface area contributed by atoms with Crippen molar-refractivity contribution in [2.24, 2.45) is 0 Å². The first-order valence-corrected chi connectivity index (χ1v) is 4.98. The summed E-state index contributed by atoms with van der Waals surface area (Å²) in [7, 11) is 0. The maximum absolute atomic E-state index is 12.1. The van der Waals surface area contributed by atoms with E-state index in [1.54, 1.807) is 0 Å². The standard InChI is InChI=1S/C8H14BF3NO.K/c10-9(11,12)7-13-6-4-2-1-3-5-8(13)14;/h1-7H2;/q-1;+1. The van der Waals surface area contributed by atoms with Crippen molar-refractivity contribution >= 4 is 12.9 Å². The molecule has 1 aliphatic rings. The van der Waals surface area contributed by atoms with Crippen LogP contribution in [0.1, 0.15) is 32.1 Å². The van der Waals surface area contributed by atoms with Crippen LogP contribution in [0.5, 0.6) is 0 Å². The topological polar surface area (TPSA) is 20.3 Å². The van der Waals surface area contributed by atoms with Gasteiger partial charge in [0, 0.05) is 13.0 Å². The molecule has 0 radical (unpaired) electrons. The van der Waals surface area contributed by atoms with E-state index in [0.717, 1.165) is 24.2 Å². The molecular formula is C8H14BF3KNO. The Morgan fingerprint density at radius 2 is 1.73 bits per heavy atom. The van der Waals surface area contributed by atoms with Gasteiger partial charge >= 0.3 is 58.4 Å². The van der Waals surface area contributed by atoms with E-state index in [9.17, 15) is 17.7 Å². The molecule has 1 amide bonds. The van der Waals surface area contributed by atoms with Gasteiger partial charge in [-0.3, -0.25) is 4.79 Å². The maximum Gasteiger partial charge on any atom is 1.00 e. The average molecular weight is 247 g/mol. The van der Waals surface area contributed by atoms with Crippen molar-refractivity contribution in [1.82, 2.24) is 4.90 Å². The third kappa shape index (κ3) is 6.99. The van der Waals surface area contributed by atoms with Crippen molar-refractivity contribution in [2.45, 2.75) is 32.1 Å². The van der Waals surface area contributed by atoms with Crippen molar-refractivity contribution in [2.75, 3.05) is 13.0 Å². The van der Waals surface area contributed by atoms with Gasteiger partial charge in [-0.2, -0.15) is 0 Å². The molecule has 0 saturated carbocycles. The fourth-order valence-electron chi connectivity index (χ4n) is 1.66. The molecule has 1 rings (SSSR count). The molecule has 1 fully saturated rings. The van der Waals surface area contributed by atoms with E-state index in [1.807, 2.05) is 0 Å². The zero-order valence-corrected chi connectivity index (χ0v) is 12.1.